The lowest BCUT2D eigenvalue weighted by Crippen LogP contribution is -2.35. The summed E-state index contributed by atoms with van der Waals surface area (Å²) in [7, 11) is 0. The number of rotatable bonds is 5. The summed E-state index contributed by atoms with van der Waals surface area (Å²) in [5.74, 6) is 0.722. The molecule has 0 saturated carbocycles. The van der Waals surface area contributed by atoms with Crippen molar-refractivity contribution in [3.05, 3.63) is 77.7 Å². The first-order valence-electron chi connectivity index (χ1n) is 9.68. The van der Waals surface area contributed by atoms with Crippen LogP contribution in [0.4, 0.5) is 11.4 Å². The minimum absolute atomic E-state index is 0.151. The Morgan fingerprint density at radius 2 is 1.97 bits per heavy atom. The number of hydrogen-bond donors (Lipinski definition) is 1. The van der Waals surface area contributed by atoms with Crippen LogP contribution in [0.15, 0.2) is 65.3 Å². The van der Waals surface area contributed by atoms with Crippen molar-refractivity contribution in [1.82, 2.24) is 0 Å². The maximum Gasteiger partial charge on any atom is 0.293 e. The van der Waals surface area contributed by atoms with E-state index in [1.165, 1.54) is 6.26 Å². The molecule has 1 aromatic heterocycles. The van der Waals surface area contributed by atoms with Gasteiger partial charge in [-0.05, 0) is 79.9 Å². The van der Waals surface area contributed by atoms with Gasteiger partial charge in [-0.15, -0.1) is 0 Å². The molecule has 6 nitrogen and oxygen atoms in total. The summed E-state index contributed by atoms with van der Waals surface area (Å²) in [4.78, 5) is 27.0. The Balaban J connectivity index is 1.50. The van der Waals surface area contributed by atoms with Crippen LogP contribution >= 0.6 is 0 Å². The number of hydrogen-bond acceptors (Lipinski definition) is 4. The van der Waals surface area contributed by atoms with Gasteiger partial charge < -0.3 is 19.4 Å². The smallest absolute Gasteiger partial charge is 0.293 e. The van der Waals surface area contributed by atoms with E-state index >= 15 is 0 Å². The fourth-order valence-corrected chi connectivity index (χ4v) is 3.49. The lowest BCUT2D eigenvalue weighted by Gasteiger charge is -2.29. The number of nitrogens with one attached hydrogen (secondary N) is 1. The SMILES string of the molecule is CCOc1ccc(C(=O)Nc2ccc3c(c2)CCCN3C(=O)c2ccco2)cc1. The Morgan fingerprint density at radius 1 is 1.14 bits per heavy atom. The molecule has 0 radical (unpaired) electrons. The zero-order chi connectivity index (χ0) is 20.2. The van der Waals surface area contributed by atoms with E-state index in [1.807, 2.05) is 25.1 Å². The number of fused-ring (bicyclic) bond motifs is 1. The van der Waals surface area contributed by atoms with Crippen molar-refractivity contribution in [2.45, 2.75) is 19.8 Å². The summed E-state index contributed by atoms with van der Waals surface area (Å²) in [6, 6.07) is 16.0. The molecule has 6 heteroatoms. The second kappa shape index (κ2) is 8.22. The summed E-state index contributed by atoms with van der Waals surface area (Å²) < 4.78 is 10.7. The lowest BCUT2D eigenvalue weighted by atomic mass is 10.0. The van der Waals surface area contributed by atoms with E-state index in [4.69, 9.17) is 9.15 Å². The highest BCUT2D eigenvalue weighted by Crippen LogP contribution is 2.31. The van der Waals surface area contributed by atoms with Crippen molar-refractivity contribution in [2.75, 3.05) is 23.4 Å². The van der Waals surface area contributed by atoms with Gasteiger partial charge in [-0.25, -0.2) is 0 Å². The van der Waals surface area contributed by atoms with Gasteiger partial charge in [0.2, 0.25) is 0 Å². The van der Waals surface area contributed by atoms with E-state index in [0.717, 1.165) is 29.8 Å². The van der Waals surface area contributed by atoms with E-state index in [1.54, 1.807) is 41.3 Å². The van der Waals surface area contributed by atoms with Crippen LogP contribution in [0.3, 0.4) is 0 Å². The van der Waals surface area contributed by atoms with Gasteiger partial charge in [-0.1, -0.05) is 0 Å². The van der Waals surface area contributed by atoms with E-state index < -0.39 is 0 Å². The monoisotopic (exact) mass is 390 g/mol. The molecule has 3 aromatic rings. The standard InChI is InChI=1S/C23H22N2O4/c1-2-28-19-10-7-16(8-11-19)22(26)24-18-9-12-20-17(15-18)5-3-13-25(20)23(27)21-6-4-14-29-21/h4,6-12,14-15H,2-3,5,13H2,1H3,(H,24,26). The van der Waals surface area contributed by atoms with Gasteiger partial charge in [0, 0.05) is 23.5 Å². The van der Waals surface area contributed by atoms with Crippen LogP contribution in [0.1, 0.15) is 39.8 Å². The van der Waals surface area contributed by atoms with Gasteiger partial charge >= 0.3 is 0 Å². The van der Waals surface area contributed by atoms with Gasteiger partial charge in [0.05, 0.1) is 12.9 Å². The van der Waals surface area contributed by atoms with Gasteiger partial charge in [0.15, 0.2) is 5.76 Å². The Morgan fingerprint density at radius 3 is 2.69 bits per heavy atom. The van der Waals surface area contributed by atoms with Crippen LogP contribution in [0.25, 0.3) is 0 Å². The molecule has 1 aliphatic heterocycles. The molecule has 0 bridgehead atoms. The van der Waals surface area contributed by atoms with E-state index in [9.17, 15) is 9.59 Å². The third kappa shape index (κ3) is 4.01. The molecule has 2 heterocycles. The Kier molecular flexibility index (Phi) is 5.33. The van der Waals surface area contributed by atoms with Crippen molar-refractivity contribution >= 4 is 23.2 Å². The molecule has 0 atom stereocenters. The highest BCUT2D eigenvalue weighted by molar-refractivity contribution is 6.06. The van der Waals surface area contributed by atoms with Crippen molar-refractivity contribution in [2.24, 2.45) is 0 Å². The minimum atomic E-state index is -0.188. The van der Waals surface area contributed by atoms with Crippen LogP contribution in [-0.2, 0) is 6.42 Å². The number of benzene rings is 2. The first-order chi connectivity index (χ1) is 14.2. The van der Waals surface area contributed by atoms with Crippen molar-refractivity contribution in [1.29, 1.82) is 0 Å². The van der Waals surface area contributed by atoms with Gasteiger partial charge in [-0.3, -0.25) is 9.59 Å². The summed E-state index contributed by atoms with van der Waals surface area (Å²) in [5.41, 5.74) is 3.15. The number of amides is 2. The highest BCUT2D eigenvalue weighted by Gasteiger charge is 2.25. The van der Waals surface area contributed by atoms with Gasteiger partial charge in [0.1, 0.15) is 5.75 Å². The summed E-state index contributed by atoms with van der Waals surface area (Å²) in [6.45, 7) is 3.14. The number of furan rings is 1. The molecular formula is C23H22N2O4. The van der Waals surface area contributed by atoms with Gasteiger partial charge in [0.25, 0.3) is 11.8 Å². The number of carbonyl (C=O) groups is 2. The minimum Gasteiger partial charge on any atom is -0.494 e. The number of anilines is 2. The molecule has 2 amide bonds. The molecule has 0 unspecified atom stereocenters. The predicted octanol–water partition coefficient (Wildman–Crippen LogP) is 4.52. The largest absolute Gasteiger partial charge is 0.494 e. The van der Waals surface area contributed by atoms with E-state index in [2.05, 4.69) is 5.32 Å². The number of nitrogens with zero attached hydrogens (tertiary/aromatic N) is 1. The molecule has 0 spiro atoms. The quantitative estimate of drug-likeness (QED) is 0.695. The maximum atomic E-state index is 12.7. The lowest BCUT2D eigenvalue weighted by molar-refractivity contribution is 0.0957. The van der Waals surface area contributed by atoms with Crippen LogP contribution in [-0.4, -0.2) is 25.0 Å². The third-order valence-corrected chi connectivity index (χ3v) is 4.86. The van der Waals surface area contributed by atoms with Crippen LogP contribution < -0.4 is 15.0 Å². The fourth-order valence-electron chi connectivity index (χ4n) is 3.49. The molecule has 148 valence electrons. The molecule has 2 aromatic carbocycles. The first kappa shape index (κ1) is 18.8. The van der Waals surface area contributed by atoms with Crippen LogP contribution in [0.5, 0.6) is 5.75 Å². The Hall–Kier alpha value is -3.54. The summed E-state index contributed by atoms with van der Waals surface area (Å²) in [6.07, 6.45) is 3.21. The summed E-state index contributed by atoms with van der Waals surface area (Å²) >= 11 is 0. The first-order valence-corrected chi connectivity index (χ1v) is 9.68. The average molecular weight is 390 g/mol. The van der Waals surface area contributed by atoms with Crippen LogP contribution in [0.2, 0.25) is 0 Å². The predicted molar refractivity (Wildman–Crippen MR) is 111 cm³/mol. The molecule has 4 rings (SSSR count). The molecule has 1 N–H and O–H groups in total. The average Bonchev–Trinajstić information content (AvgIpc) is 3.28. The molecule has 0 fully saturated rings. The normalized spacial score (nSPS) is 12.9. The fraction of sp³-hybridized carbons (Fsp3) is 0.217. The highest BCUT2D eigenvalue weighted by atomic mass is 16.5. The van der Waals surface area contributed by atoms with Crippen LogP contribution in [0, 0.1) is 0 Å². The zero-order valence-electron chi connectivity index (χ0n) is 16.2. The maximum absolute atomic E-state index is 12.7. The molecule has 29 heavy (non-hydrogen) atoms. The van der Waals surface area contributed by atoms with Crippen molar-refractivity contribution in [3.8, 4) is 5.75 Å². The second-order valence-electron chi connectivity index (χ2n) is 6.79. The van der Waals surface area contributed by atoms with Gasteiger partial charge in [-0.2, -0.15) is 0 Å². The topological polar surface area (TPSA) is 71.8 Å². The number of carbonyl (C=O) groups excluding carboxylic acids is 2. The van der Waals surface area contributed by atoms with E-state index in [-0.39, 0.29) is 11.8 Å². The number of aryl methyl sites for hydroxylation is 1. The Bertz CT molecular complexity index is 1010. The molecule has 0 saturated heterocycles. The van der Waals surface area contributed by atoms with Crippen molar-refractivity contribution in [3.63, 3.8) is 0 Å². The zero-order valence-corrected chi connectivity index (χ0v) is 16.2. The Labute approximate surface area is 169 Å². The third-order valence-electron chi connectivity index (χ3n) is 4.86. The van der Waals surface area contributed by atoms with Crippen molar-refractivity contribution < 1.29 is 18.7 Å². The molecule has 1 aliphatic rings. The molecular weight excluding hydrogens is 368 g/mol. The molecule has 0 aliphatic carbocycles. The number of ether oxygens (including phenoxy) is 1. The second-order valence-corrected chi connectivity index (χ2v) is 6.79. The van der Waals surface area contributed by atoms with E-state index in [0.29, 0.717) is 30.2 Å². The summed E-state index contributed by atoms with van der Waals surface area (Å²) in [5, 5.41) is 2.93.